The Morgan fingerprint density at radius 3 is 2.48 bits per heavy atom. The second-order valence-corrected chi connectivity index (χ2v) is 6.45. The van der Waals surface area contributed by atoms with Crippen LogP contribution in [-0.2, 0) is 6.54 Å². The second kappa shape index (κ2) is 8.38. The van der Waals surface area contributed by atoms with E-state index in [0.29, 0.717) is 18.7 Å². The van der Waals surface area contributed by atoms with E-state index in [-0.39, 0.29) is 11.4 Å². The first-order valence-corrected chi connectivity index (χ1v) is 8.65. The highest BCUT2D eigenvalue weighted by atomic mass is 19.1. The van der Waals surface area contributed by atoms with Crippen LogP contribution in [0.25, 0.3) is 0 Å². The van der Waals surface area contributed by atoms with E-state index in [2.05, 4.69) is 9.80 Å². The zero-order valence-corrected chi connectivity index (χ0v) is 14.2. The highest BCUT2D eigenvalue weighted by Gasteiger charge is 2.20. The van der Waals surface area contributed by atoms with E-state index in [1.165, 1.54) is 12.1 Å². The van der Waals surface area contributed by atoms with Crippen molar-refractivity contribution in [2.45, 2.75) is 12.6 Å². The molecule has 2 heterocycles. The van der Waals surface area contributed by atoms with Gasteiger partial charge in [-0.25, -0.2) is 4.39 Å². The summed E-state index contributed by atoms with van der Waals surface area (Å²) < 4.78 is 15.0. The molecule has 1 aromatic heterocycles. The first-order valence-electron chi connectivity index (χ1n) is 8.65. The molecule has 0 unspecified atom stereocenters. The molecular weight excluding hydrogens is 321 g/mol. The number of piperazine rings is 1. The van der Waals surface area contributed by atoms with Gasteiger partial charge in [-0.3, -0.25) is 14.6 Å². The standard InChI is InChI=1S/C19H24FN3O2/c20-17-5-3-4-16(14-17)18(24)15-22-10-8-21(9-11-22)12-13-23-7-2-1-6-19(23)25/h1-7,14,18,24H,8-13,15H2/t18-/m0/s1. The summed E-state index contributed by atoms with van der Waals surface area (Å²) in [5, 5.41) is 10.3. The van der Waals surface area contributed by atoms with Gasteiger partial charge in [0.2, 0.25) is 0 Å². The molecular formula is C19H24FN3O2. The van der Waals surface area contributed by atoms with Gasteiger partial charge in [0.15, 0.2) is 0 Å². The number of pyridine rings is 1. The molecule has 5 nitrogen and oxygen atoms in total. The third-order valence-corrected chi connectivity index (χ3v) is 4.69. The van der Waals surface area contributed by atoms with Crippen LogP contribution in [0.1, 0.15) is 11.7 Å². The maximum absolute atomic E-state index is 13.3. The molecule has 3 rings (SSSR count). The van der Waals surface area contributed by atoms with E-state index in [0.717, 1.165) is 32.7 Å². The van der Waals surface area contributed by atoms with Gasteiger partial charge in [-0.1, -0.05) is 18.2 Å². The Kier molecular flexibility index (Phi) is 5.96. The van der Waals surface area contributed by atoms with Crippen molar-refractivity contribution in [1.82, 2.24) is 14.4 Å². The van der Waals surface area contributed by atoms with Crippen molar-refractivity contribution in [3.05, 3.63) is 70.4 Å². The summed E-state index contributed by atoms with van der Waals surface area (Å²) in [6.07, 6.45) is 1.14. The van der Waals surface area contributed by atoms with Crippen molar-refractivity contribution in [3.8, 4) is 0 Å². The molecule has 0 bridgehead atoms. The summed E-state index contributed by atoms with van der Waals surface area (Å²) in [7, 11) is 0. The normalized spacial score (nSPS) is 17.5. The third kappa shape index (κ3) is 4.98. The fraction of sp³-hybridized carbons (Fsp3) is 0.421. The molecule has 1 atom stereocenters. The number of aliphatic hydroxyl groups excluding tert-OH is 1. The van der Waals surface area contributed by atoms with E-state index in [1.807, 2.05) is 12.3 Å². The number of hydrogen-bond donors (Lipinski definition) is 1. The van der Waals surface area contributed by atoms with E-state index in [1.54, 1.807) is 28.8 Å². The quantitative estimate of drug-likeness (QED) is 0.858. The summed E-state index contributed by atoms with van der Waals surface area (Å²) in [4.78, 5) is 16.2. The van der Waals surface area contributed by atoms with Gasteiger partial charge in [0.25, 0.3) is 5.56 Å². The maximum Gasteiger partial charge on any atom is 0.250 e. The molecule has 0 saturated carbocycles. The van der Waals surface area contributed by atoms with Crippen LogP contribution < -0.4 is 5.56 Å². The molecule has 1 aromatic carbocycles. The fourth-order valence-corrected chi connectivity index (χ4v) is 3.15. The maximum atomic E-state index is 13.3. The van der Waals surface area contributed by atoms with Crippen molar-refractivity contribution in [1.29, 1.82) is 0 Å². The Bertz CT molecular complexity index is 741. The average molecular weight is 345 g/mol. The van der Waals surface area contributed by atoms with E-state index in [9.17, 15) is 14.3 Å². The van der Waals surface area contributed by atoms with Crippen LogP contribution in [0, 0.1) is 5.82 Å². The van der Waals surface area contributed by atoms with Gasteiger partial charge in [-0.2, -0.15) is 0 Å². The van der Waals surface area contributed by atoms with Crippen LogP contribution in [0.5, 0.6) is 0 Å². The van der Waals surface area contributed by atoms with Crippen LogP contribution in [0.4, 0.5) is 4.39 Å². The van der Waals surface area contributed by atoms with Gasteiger partial charge in [0.1, 0.15) is 5.82 Å². The molecule has 1 N–H and O–H groups in total. The first kappa shape index (κ1) is 17.8. The van der Waals surface area contributed by atoms with Crippen molar-refractivity contribution in [2.75, 3.05) is 39.3 Å². The minimum Gasteiger partial charge on any atom is -0.387 e. The topological polar surface area (TPSA) is 48.7 Å². The Labute approximate surface area is 146 Å². The largest absolute Gasteiger partial charge is 0.387 e. The molecule has 6 heteroatoms. The summed E-state index contributed by atoms with van der Waals surface area (Å²) in [6, 6.07) is 11.3. The molecule has 134 valence electrons. The van der Waals surface area contributed by atoms with E-state index >= 15 is 0 Å². The van der Waals surface area contributed by atoms with Crippen LogP contribution >= 0.6 is 0 Å². The van der Waals surface area contributed by atoms with Gasteiger partial charge in [0.05, 0.1) is 6.10 Å². The summed E-state index contributed by atoms with van der Waals surface area (Å²) in [5.41, 5.74) is 0.644. The summed E-state index contributed by atoms with van der Waals surface area (Å²) >= 11 is 0. The zero-order valence-electron chi connectivity index (χ0n) is 14.2. The first-order chi connectivity index (χ1) is 12.1. The monoisotopic (exact) mass is 345 g/mol. The molecule has 25 heavy (non-hydrogen) atoms. The molecule has 0 amide bonds. The molecule has 0 aliphatic carbocycles. The highest BCUT2D eigenvalue weighted by molar-refractivity contribution is 5.19. The number of hydrogen-bond acceptors (Lipinski definition) is 4. The average Bonchev–Trinajstić information content (AvgIpc) is 2.62. The Morgan fingerprint density at radius 1 is 1.00 bits per heavy atom. The van der Waals surface area contributed by atoms with E-state index in [4.69, 9.17) is 0 Å². The Hall–Kier alpha value is -2.02. The molecule has 0 spiro atoms. The highest BCUT2D eigenvalue weighted by Crippen LogP contribution is 2.16. The fourth-order valence-electron chi connectivity index (χ4n) is 3.15. The molecule has 1 saturated heterocycles. The van der Waals surface area contributed by atoms with Crippen LogP contribution in [0.2, 0.25) is 0 Å². The van der Waals surface area contributed by atoms with Crippen LogP contribution in [0.3, 0.4) is 0 Å². The van der Waals surface area contributed by atoms with Gasteiger partial charge in [-0.05, 0) is 23.8 Å². The van der Waals surface area contributed by atoms with Crippen molar-refractivity contribution >= 4 is 0 Å². The third-order valence-electron chi connectivity index (χ3n) is 4.69. The lowest BCUT2D eigenvalue weighted by Gasteiger charge is -2.35. The Balaban J connectivity index is 1.44. The lowest BCUT2D eigenvalue weighted by Crippen LogP contribution is -2.48. The summed E-state index contributed by atoms with van der Waals surface area (Å²) in [6.45, 7) is 5.55. The molecule has 1 aliphatic heterocycles. The lowest BCUT2D eigenvalue weighted by atomic mass is 10.1. The van der Waals surface area contributed by atoms with Gasteiger partial charge in [0, 0.05) is 58.1 Å². The van der Waals surface area contributed by atoms with Crippen LogP contribution in [0.15, 0.2) is 53.5 Å². The number of halogens is 1. The van der Waals surface area contributed by atoms with Crippen molar-refractivity contribution in [2.24, 2.45) is 0 Å². The minimum atomic E-state index is -0.676. The predicted octanol–water partition coefficient (Wildman–Crippen LogP) is 1.34. The number of rotatable bonds is 6. The van der Waals surface area contributed by atoms with Crippen molar-refractivity contribution in [3.63, 3.8) is 0 Å². The van der Waals surface area contributed by atoms with Crippen molar-refractivity contribution < 1.29 is 9.50 Å². The zero-order chi connectivity index (χ0) is 17.6. The van der Waals surface area contributed by atoms with Gasteiger partial charge in [-0.15, -0.1) is 0 Å². The SMILES string of the molecule is O=c1ccccn1CCN1CCN(C[C@H](O)c2cccc(F)c2)CC1. The number of β-amino-alcohol motifs (C(OH)–C–C–N with tert-alkyl or cyclic N) is 1. The lowest BCUT2D eigenvalue weighted by molar-refractivity contribution is 0.0712. The molecule has 0 radical (unpaired) electrons. The Morgan fingerprint density at radius 2 is 1.76 bits per heavy atom. The van der Waals surface area contributed by atoms with Gasteiger partial charge >= 0.3 is 0 Å². The molecule has 2 aromatic rings. The number of nitrogens with zero attached hydrogens (tertiary/aromatic N) is 3. The minimum absolute atomic E-state index is 0.0272. The molecule has 1 fully saturated rings. The van der Waals surface area contributed by atoms with E-state index < -0.39 is 6.10 Å². The van der Waals surface area contributed by atoms with Crippen LogP contribution in [-0.4, -0.2) is 58.7 Å². The number of aromatic nitrogens is 1. The smallest absolute Gasteiger partial charge is 0.250 e. The second-order valence-electron chi connectivity index (χ2n) is 6.45. The number of aliphatic hydroxyl groups is 1. The number of benzene rings is 1. The predicted molar refractivity (Wildman–Crippen MR) is 94.9 cm³/mol. The van der Waals surface area contributed by atoms with Gasteiger partial charge < -0.3 is 9.67 Å². The molecule has 1 aliphatic rings. The summed E-state index contributed by atoms with van der Waals surface area (Å²) in [5.74, 6) is -0.322.